The minimum Gasteiger partial charge on any atom is -0.497 e. The molecule has 8 nitrogen and oxygen atoms in total. The molecule has 5 rings (SSSR count). The van der Waals surface area contributed by atoms with Gasteiger partial charge in [0.1, 0.15) is 11.6 Å². The number of hydrogen-bond acceptors (Lipinski definition) is 5. The monoisotopic (exact) mass is 621 g/mol. The number of rotatable bonds is 9. The summed E-state index contributed by atoms with van der Waals surface area (Å²) < 4.78 is 48.0. The summed E-state index contributed by atoms with van der Waals surface area (Å²) in [5.74, 6) is -0.882. The number of carbonyl (C=O) groups is 2. The van der Waals surface area contributed by atoms with Crippen molar-refractivity contribution in [1.82, 2.24) is 4.31 Å². The maximum atomic E-state index is 14.7. The van der Waals surface area contributed by atoms with Gasteiger partial charge in [0.2, 0.25) is 15.9 Å². The molecule has 0 aliphatic carbocycles. The molecule has 1 N–H and O–H groups in total. The van der Waals surface area contributed by atoms with Crippen molar-refractivity contribution in [2.24, 2.45) is 0 Å². The minimum absolute atomic E-state index is 0.0384. The van der Waals surface area contributed by atoms with Crippen LogP contribution in [0.25, 0.3) is 0 Å². The molecule has 0 radical (unpaired) electrons. The Morgan fingerprint density at radius 2 is 1.74 bits per heavy atom. The van der Waals surface area contributed by atoms with Crippen molar-refractivity contribution < 1.29 is 27.1 Å². The summed E-state index contributed by atoms with van der Waals surface area (Å²) in [5.41, 5.74) is 3.29. The number of hydrogen-bond donors (Lipinski definition) is 1. The van der Waals surface area contributed by atoms with Gasteiger partial charge in [-0.05, 0) is 79.6 Å². The quantitative estimate of drug-likeness (QED) is 0.254. The summed E-state index contributed by atoms with van der Waals surface area (Å²) in [7, 11) is -2.67. The smallest absolute Gasteiger partial charge is 0.258 e. The third-order valence-electron chi connectivity index (χ3n) is 7.22. The molecule has 0 fully saturated rings. The molecular formula is C32H29ClFN3O5S. The Morgan fingerprint density at radius 3 is 2.42 bits per heavy atom. The predicted molar refractivity (Wildman–Crippen MR) is 164 cm³/mol. The molecule has 0 saturated heterocycles. The minimum atomic E-state index is -4.22. The largest absolute Gasteiger partial charge is 0.497 e. The summed E-state index contributed by atoms with van der Waals surface area (Å²) in [4.78, 5) is 28.1. The molecule has 222 valence electrons. The van der Waals surface area contributed by atoms with Crippen molar-refractivity contribution in [3.63, 3.8) is 0 Å². The van der Waals surface area contributed by atoms with Gasteiger partial charge in [-0.15, -0.1) is 0 Å². The van der Waals surface area contributed by atoms with Gasteiger partial charge in [0, 0.05) is 40.6 Å². The van der Waals surface area contributed by atoms with Gasteiger partial charge in [-0.3, -0.25) is 9.59 Å². The molecular weight excluding hydrogens is 593 g/mol. The topological polar surface area (TPSA) is 96.0 Å². The summed E-state index contributed by atoms with van der Waals surface area (Å²) in [6.45, 7) is 1.24. The third kappa shape index (κ3) is 6.56. The first-order valence-corrected chi connectivity index (χ1v) is 15.3. The number of amides is 2. The molecule has 0 spiro atoms. The molecule has 1 aliphatic heterocycles. The second kappa shape index (κ2) is 12.5. The van der Waals surface area contributed by atoms with E-state index < -0.39 is 34.8 Å². The van der Waals surface area contributed by atoms with Crippen LogP contribution in [0.5, 0.6) is 5.75 Å². The molecule has 43 heavy (non-hydrogen) atoms. The average molecular weight is 622 g/mol. The molecule has 0 atom stereocenters. The van der Waals surface area contributed by atoms with Gasteiger partial charge >= 0.3 is 0 Å². The van der Waals surface area contributed by atoms with E-state index in [-0.39, 0.29) is 21.4 Å². The molecule has 0 unspecified atom stereocenters. The lowest BCUT2D eigenvalue weighted by Gasteiger charge is -2.23. The molecule has 0 saturated carbocycles. The van der Waals surface area contributed by atoms with Crippen molar-refractivity contribution in [2.75, 3.05) is 30.4 Å². The summed E-state index contributed by atoms with van der Waals surface area (Å²) in [6.07, 6.45) is 0.650. The number of nitrogens with zero attached hydrogens (tertiary/aromatic N) is 2. The van der Waals surface area contributed by atoms with Crippen molar-refractivity contribution in [3.05, 3.63) is 118 Å². The number of carbonyl (C=O) groups excluding carboxylic acids is 2. The van der Waals surface area contributed by atoms with E-state index in [1.165, 1.54) is 30.3 Å². The van der Waals surface area contributed by atoms with Gasteiger partial charge in [-0.1, -0.05) is 41.4 Å². The van der Waals surface area contributed by atoms with Gasteiger partial charge in [-0.25, -0.2) is 12.8 Å². The Bertz CT molecular complexity index is 1760. The van der Waals surface area contributed by atoms with Crippen LogP contribution in [0.1, 0.15) is 27.0 Å². The first-order chi connectivity index (χ1) is 20.6. The second-order valence-corrected chi connectivity index (χ2v) is 12.5. The Morgan fingerprint density at radius 1 is 1.02 bits per heavy atom. The van der Waals surface area contributed by atoms with Crippen LogP contribution in [0.3, 0.4) is 0 Å². The second-order valence-electron chi connectivity index (χ2n) is 10.1. The number of halogens is 2. The van der Waals surface area contributed by atoms with E-state index in [1.54, 1.807) is 60.5 Å². The lowest BCUT2D eigenvalue weighted by molar-refractivity contribution is -0.116. The van der Waals surface area contributed by atoms with E-state index in [9.17, 15) is 22.4 Å². The maximum Gasteiger partial charge on any atom is 0.258 e. The van der Waals surface area contributed by atoms with Crippen LogP contribution in [-0.2, 0) is 27.8 Å². The van der Waals surface area contributed by atoms with Gasteiger partial charge in [0.25, 0.3) is 5.91 Å². The fourth-order valence-electron chi connectivity index (χ4n) is 4.86. The van der Waals surface area contributed by atoms with Gasteiger partial charge < -0.3 is 15.0 Å². The number of benzene rings is 4. The summed E-state index contributed by atoms with van der Waals surface area (Å²) >= 11 is 6.21. The first kappa shape index (κ1) is 30.2. The number of ether oxygens (including phenoxy) is 1. The van der Waals surface area contributed by atoms with E-state index in [0.29, 0.717) is 35.7 Å². The Balaban J connectivity index is 1.38. The van der Waals surface area contributed by atoms with Crippen LogP contribution in [0.4, 0.5) is 15.8 Å². The zero-order chi connectivity index (χ0) is 30.7. The fraction of sp³-hybridized carbons (Fsp3) is 0.188. The summed E-state index contributed by atoms with van der Waals surface area (Å²) in [6, 6.07) is 22.2. The number of nitrogens with one attached hydrogen (secondary N) is 1. The van der Waals surface area contributed by atoms with Crippen LogP contribution in [-0.4, -0.2) is 44.7 Å². The first-order valence-electron chi connectivity index (χ1n) is 13.4. The third-order valence-corrected chi connectivity index (χ3v) is 9.38. The molecule has 4 aromatic carbocycles. The Labute approximate surface area is 254 Å². The number of anilines is 2. The van der Waals surface area contributed by atoms with Crippen molar-refractivity contribution in [3.8, 4) is 5.75 Å². The Hall–Kier alpha value is -4.25. The standard InChI is InChI=1S/C32H29ClFN3O5S/c1-21-6-14-26(15-7-21)43(40,41)36(19-27-28(33)4-3-5-29(27)34)20-31(38)35-24-11-8-22-16-17-37(30(22)18-24)32(39)23-9-12-25(42-2)13-10-23/h3-15,18H,16-17,19-20H2,1-2H3,(H,35,38). The highest BCUT2D eigenvalue weighted by atomic mass is 35.5. The number of methoxy groups -OCH3 is 1. The van der Waals surface area contributed by atoms with E-state index in [0.717, 1.165) is 15.4 Å². The Kier molecular flexibility index (Phi) is 8.82. The highest BCUT2D eigenvalue weighted by Gasteiger charge is 2.30. The SMILES string of the molecule is COc1ccc(C(=O)N2CCc3ccc(NC(=O)CN(Cc4c(F)cccc4Cl)S(=O)(=O)c4ccc(C)cc4)cc32)cc1. The number of aryl methyl sites for hydroxylation is 1. The van der Waals surface area contributed by atoms with Gasteiger partial charge in [0.15, 0.2) is 0 Å². The van der Waals surface area contributed by atoms with Crippen LogP contribution in [0.2, 0.25) is 5.02 Å². The van der Waals surface area contributed by atoms with Gasteiger partial charge in [-0.2, -0.15) is 4.31 Å². The van der Waals surface area contributed by atoms with E-state index in [2.05, 4.69) is 5.32 Å². The van der Waals surface area contributed by atoms with Crippen LogP contribution >= 0.6 is 11.6 Å². The average Bonchev–Trinajstić information content (AvgIpc) is 3.41. The number of fused-ring (bicyclic) bond motifs is 1. The van der Waals surface area contributed by atoms with Crippen LogP contribution in [0, 0.1) is 12.7 Å². The van der Waals surface area contributed by atoms with Crippen molar-refractivity contribution in [1.29, 1.82) is 0 Å². The zero-order valence-electron chi connectivity index (χ0n) is 23.5. The maximum absolute atomic E-state index is 14.7. The molecule has 0 aromatic heterocycles. The molecule has 11 heteroatoms. The highest BCUT2D eigenvalue weighted by molar-refractivity contribution is 7.89. The normalized spacial score (nSPS) is 12.7. The lowest BCUT2D eigenvalue weighted by Crippen LogP contribution is -2.38. The van der Waals surface area contributed by atoms with Crippen molar-refractivity contribution >= 4 is 44.8 Å². The molecule has 1 heterocycles. The predicted octanol–water partition coefficient (Wildman–Crippen LogP) is 5.83. The summed E-state index contributed by atoms with van der Waals surface area (Å²) in [5, 5.41) is 2.78. The molecule has 2 amide bonds. The van der Waals surface area contributed by atoms with Crippen LogP contribution in [0.15, 0.2) is 89.8 Å². The zero-order valence-corrected chi connectivity index (χ0v) is 25.1. The molecule has 4 aromatic rings. The van der Waals surface area contributed by atoms with E-state index in [4.69, 9.17) is 16.3 Å². The molecule has 1 aliphatic rings. The van der Waals surface area contributed by atoms with E-state index >= 15 is 0 Å². The highest BCUT2D eigenvalue weighted by Crippen LogP contribution is 2.32. The fourth-order valence-corrected chi connectivity index (χ4v) is 6.45. The lowest BCUT2D eigenvalue weighted by atomic mass is 10.1. The molecule has 0 bridgehead atoms. The number of sulfonamides is 1. The van der Waals surface area contributed by atoms with Gasteiger partial charge in [0.05, 0.1) is 18.6 Å². The van der Waals surface area contributed by atoms with E-state index in [1.807, 2.05) is 13.0 Å². The van der Waals surface area contributed by atoms with Crippen molar-refractivity contribution in [2.45, 2.75) is 24.8 Å². The van der Waals surface area contributed by atoms with Crippen LogP contribution < -0.4 is 15.0 Å².